The van der Waals surface area contributed by atoms with Crippen LogP contribution in [0.3, 0.4) is 0 Å². The van der Waals surface area contributed by atoms with Crippen molar-refractivity contribution in [2.45, 2.75) is 25.8 Å². The Labute approximate surface area is 163 Å². The lowest BCUT2D eigenvalue weighted by molar-refractivity contribution is -0.123. The van der Waals surface area contributed by atoms with Crippen LogP contribution in [0.1, 0.15) is 30.4 Å². The lowest BCUT2D eigenvalue weighted by Crippen LogP contribution is -2.31. The quantitative estimate of drug-likeness (QED) is 0.560. The number of benzene rings is 2. The van der Waals surface area contributed by atoms with Crippen molar-refractivity contribution in [1.82, 2.24) is 0 Å². The van der Waals surface area contributed by atoms with Crippen molar-refractivity contribution in [3.05, 3.63) is 83.1 Å². The van der Waals surface area contributed by atoms with Gasteiger partial charge in [-0.1, -0.05) is 48.5 Å². The molecule has 27 heavy (non-hydrogen) atoms. The van der Waals surface area contributed by atoms with Crippen LogP contribution >= 0.6 is 11.8 Å². The Kier molecular flexibility index (Phi) is 4.99. The molecule has 3 nitrogen and oxygen atoms in total. The molecule has 1 saturated carbocycles. The summed E-state index contributed by atoms with van der Waals surface area (Å²) < 4.78 is 0. The molecule has 1 heterocycles. The first kappa shape index (κ1) is 17.8. The minimum atomic E-state index is -0.0320. The summed E-state index contributed by atoms with van der Waals surface area (Å²) in [6, 6.07) is 18.4. The van der Waals surface area contributed by atoms with Gasteiger partial charge in [0, 0.05) is 35.5 Å². The molecule has 1 aliphatic heterocycles. The van der Waals surface area contributed by atoms with Gasteiger partial charge in [0.05, 0.1) is 11.3 Å². The van der Waals surface area contributed by atoms with Gasteiger partial charge in [-0.3, -0.25) is 9.59 Å². The Bertz CT molecular complexity index is 941. The van der Waals surface area contributed by atoms with Crippen molar-refractivity contribution in [2.75, 3.05) is 11.2 Å². The Morgan fingerprint density at radius 2 is 1.59 bits per heavy atom. The normalized spacial score (nSPS) is 17.1. The fourth-order valence-corrected chi connectivity index (χ4v) is 4.36. The van der Waals surface area contributed by atoms with E-state index < -0.39 is 0 Å². The summed E-state index contributed by atoms with van der Waals surface area (Å²) in [5.74, 6) is -0.0641. The summed E-state index contributed by atoms with van der Waals surface area (Å²) in [5.41, 5.74) is 4.44. The molecule has 0 radical (unpaired) electrons. The molecule has 0 atom stereocenters. The average Bonchev–Trinajstić information content (AvgIpc) is 2.70. The number of thioether (sulfide) groups is 1. The molecular weight excluding hydrogens is 354 g/mol. The van der Waals surface area contributed by atoms with Crippen molar-refractivity contribution >= 4 is 33.9 Å². The average molecular weight is 375 g/mol. The van der Waals surface area contributed by atoms with Crippen LogP contribution in [-0.2, 0) is 16.1 Å². The lowest BCUT2D eigenvalue weighted by atomic mass is 9.88. The monoisotopic (exact) mass is 375 g/mol. The fourth-order valence-electron chi connectivity index (χ4n) is 3.74. The molecule has 4 rings (SSSR count). The van der Waals surface area contributed by atoms with Gasteiger partial charge in [-0.2, -0.15) is 0 Å². The number of anilines is 1. The topological polar surface area (TPSA) is 37.4 Å². The first-order valence-electron chi connectivity index (χ1n) is 9.16. The smallest absolute Gasteiger partial charge is 0.168 e. The molecule has 4 heteroatoms. The molecule has 0 saturated heterocycles. The van der Waals surface area contributed by atoms with Crippen molar-refractivity contribution in [3.63, 3.8) is 0 Å². The molecule has 0 spiro atoms. The van der Waals surface area contributed by atoms with Crippen LogP contribution in [0.25, 0.3) is 4.91 Å². The van der Waals surface area contributed by atoms with Crippen molar-refractivity contribution in [3.8, 4) is 0 Å². The fraction of sp³-hybridized carbons (Fsp3) is 0.217. The molecule has 0 N–H and O–H groups in total. The van der Waals surface area contributed by atoms with Gasteiger partial charge in [0.25, 0.3) is 0 Å². The van der Waals surface area contributed by atoms with Crippen LogP contribution in [0.4, 0.5) is 5.69 Å². The summed E-state index contributed by atoms with van der Waals surface area (Å²) in [6.07, 6.45) is 5.61. The van der Waals surface area contributed by atoms with E-state index in [9.17, 15) is 9.59 Å². The molecule has 0 amide bonds. The Morgan fingerprint density at radius 1 is 0.926 bits per heavy atom. The standard InChI is InChI=1S/C23H21NO2S/c1-27-22-14-19(23-20(25)12-7-13-21(23)26)24(15-16-8-3-2-4-9-16)18-11-6-5-10-17(18)22/h2-6,8-11,14H,7,12-13,15H2,1H3. The Morgan fingerprint density at radius 3 is 2.30 bits per heavy atom. The van der Waals surface area contributed by atoms with Crippen molar-refractivity contribution in [2.24, 2.45) is 0 Å². The third-order valence-corrected chi connectivity index (χ3v) is 5.82. The molecule has 2 aliphatic rings. The van der Waals surface area contributed by atoms with Gasteiger partial charge in [-0.05, 0) is 30.4 Å². The minimum absolute atomic E-state index is 0.0320. The number of nitrogens with zero attached hydrogens (tertiary/aromatic N) is 1. The van der Waals surface area contributed by atoms with E-state index in [0.717, 1.165) is 27.4 Å². The number of hydrogen-bond donors (Lipinski definition) is 0. The van der Waals surface area contributed by atoms with Crippen LogP contribution < -0.4 is 4.90 Å². The van der Waals surface area contributed by atoms with E-state index in [4.69, 9.17) is 0 Å². The van der Waals surface area contributed by atoms with Crippen LogP contribution in [0.2, 0.25) is 0 Å². The van der Waals surface area contributed by atoms with Crippen LogP contribution in [0.15, 0.2) is 71.9 Å². The second-order valence-corrected chi connectivity index (χ2v) is 7.61. The highest BCUT2D eigenvalue weighted by atomic mass is 32.2. The molecule has 0 bridgehead atoms. The number of para-hydroxylation sites is 1. The Balaban J connectivity index is 1.91. The van der Waals surface area contributed by atoms with Gasteiger partial charge >= 0.3 is 0 Å². The summed E-state index contributed by atoms with van der Waals surface area (Å²) in [5, 5.41) is 0. The summed E-state index contributed by atoms with van der Waals surface area (Å²) in [6.45, 7) is 0.620. The molecule has 2 aromatic carbocycles. The lowest BCUT2D eigenvalue weighted by Gasteiger charge is -2.34. The number of Topliss-reactive ketones (excluding diaryl/α,β-unsaturated/α-hetero) is 2. The molecule has 2 aromatic rings. The van der Waals surface area contributed by atoms with Gasteiger partial charge < -0.3 is 4.90 Å². The number of allylic oxidation sites excluding steroid dienone is 2. The first-order valence-corrected chi connectivity index (χ1v) is 10.4. The summed E-state index contributed by atoms with van der Waals surface area (Å²) >= 11 is 1.64. The van der Waals surface area contributed by atoms with E-state index in [1.54, 1.807) is 11.8 Å². The number of carbonyl (C=O) groups is 2. The molecule has 0 aromatic heterocycles. The number of rotatable bonds is 3. The van der Waals surface area contributed by atoms with E-state index in [0.29, 0.717) is 31.4 Å². The van der Waals surface area contributed by atoms with Crippen molar-refractivity contribution in [1.29, 1.82) is 0 Å². The minimum Gasteiger partial charge on any atom is -0.336 e. The first-order chi connectivity index (χ1) is 13.2. The third kappa shape index (κ3) is 3.37. The molecular formula is C23H21NO2S. The second kappa shape index (κ2) is 7.57. The Hall–Kier alpha value is -2.59. The van der Waals surface area contributed by atoms with E-state index in [-0.39, 0.29) is 11.6 Å². The van der Waals surface area contributed by atoms with Crippen LogP contribution in [0.5, 0.6) is 0 Å². The van der Waals surface area contributed by atoms with Crippen molar-refractivity contribution < 1.29 is 9.59 Å². The summed E-state index contributed by atoms with van der Waals surface area (Å²) in [4.78, 5) is 28.5. The molecule has 136 valence electrons. The maximum Gasteiger partial charge on any atom is 0.168 e. The van der Waals surface area contributed by atoms with E-state index in [1.165, 1.54) is 0 Å². The maximum absolute atomic E-state index is 12.7. The highest BCUT2D eigenvalue weighted by molar-refractivity contribution is 8.07. The van der Waals surface area contributed by atoms with Gasteiger partial charge in [0.2, 0.25) is 0 Å². The number of carbonyl (C=O) groups excluding carboxylic acids is 2. The predicted molar refractivity (Wildman–Crippen MR) is 111 cm³/mol. The maximum atomic E-state index is 12.7. The summed E-state index contributed by atoms with van der Waals surface area (Å²) in [7, 11) is 0. The highest BCUT2D eigenvalue weighted by Gasteiger charge is 2.32. The van der Waals surface area contributed by atoms with Crippen LogP contribution in [0, 0.1) is 0 Å². The van der Waals surface area contributed by atoms with Crippen LogP contribution in [-0.4, -0.2) is 17.8 Å². The third-order valence-electron chi connectivity index (χ3n) is 5.04. The predicted octanol–water partition coefficient (Wildman–Crippen LogP) is 4.99. The van der Waals surface area contributed by atoms with E-state index >= 15 is 0 Å². The number of fused-ring (bicyclic) bond motifs is 1. The molecule has 0 unspecified atom stereocenters. The van der Waals surface area contributed by atoms with E-state index in [2.05, 4.69) is 29.2 Å². The molecule has 1 aliphatic carbocycles. The van der Waals surface area contributed by atoms with E-state index in [1.807, 2.05) is 42.7 Å². The van der Waals surface area contributed by atoms with Gasteiger partial charge in [-0.15, -0.1) is 11.8 Å². The highest BCUT2D eigenvalue weighted by Crippen LogP contribution is 2.42. The zero-order valence-electron chi connectivity index (χ0n) is 15.3. The number of hydrogen-bond acceptors (Lipinski definition) is 4. The largest absolute Gasteiger partial charge is 0.336 e. The number of ketones is 2. The zero-order chi connectivity index (χ0) is 18.8. The van der Waals surface area contributed by atoms with Gasteiger partial charge in [0.15, 0.2) is 11.6 Å². The van der Waals surface area contributed by atoms with Gasteiger partial charge in [0.1, 0.15) is 0 Å². The van der Waals surface area contributed by atoms with Gasteiger partial charge in [-0.25, -0.2) is 0 Å². The zero-order valence-corrected chi connectivity index (χ0v) is 16.1. The second-order valence-electron chi connectivity index (χ2n) is 6.76. The SMILES string of the molecule is CSC1=CC(=C2C(=O)CCCC2=O)N(Cc2ccccc2)c2ccccc21. The molecule has 1 fully saturated rings.